The standard InChI is InChI=1S/C28H33N9O2/c1-6-11-35-26(39)21-13-29-27(31-25(21)37(35)23-9-10-24(38)36(32-23)18(2)3)30-20-7-8-22(19(4)12-20)34-16-28(17-34)14-33(5)15-28/h6-10,12-13,18H,1,11,14-17H2,2-5H3,(H,29,30,31). The van der Waals surface area contributed by atoms with E-state index >= 15 is 0 Å². The van der Waals surface area contributed by atoms with Crippen molar-refractivity contribution in [1.29, 1.82) is 0 Å². The molecule has 0 radical (unpaired) electrons. The van der Waals surface area contributed by atoms with E-state index < -0.39 is 0 Å². The van der Waals surface area contributed by atoms with Crippen molar-refractivity contribution >= 4 is 28.4 Å². The predicted molar refractivity (Wildman–Crippen MR) is 152 cm³/mol. The first-order valence-electron chi connectivity index (χ1n) is 13.2. The molecule has 5 heterocycles. The lowest BCUT2D eigenvalue weighted by Crippen LogP contribution is -2.71. The van der Waals surface area contributed by atoms with E-state index in [9.17, 15) is 9.59 Å². The van der Waals surface area contributed by atoms with Crippen LogP contribution in [0.1, 0.15) is 25.5 Å². The smallest absolute Gasteiger partial charge is 0.278 e. The zero-order chi connectivity index (χ0) is 27.5. The summed E-state index contributed by atoms with van der Waals surface area (Å²) in [5.74, 6) is 0.767. The van der Waals surface area contributed by atoms with Crippen LogP contribution in [0.2, 0.25) is 0 Å². The second-order valence-electron chi connectivity index (χ2n) is 11.1. The van der Waals surface area contributed by atoms with Crippen LogP contribution < -0.4 is 21.3 Å². The summed E-state index contributed by atoms with van der Waals surface area (Å²) in [4.78, 5) is 39.5. The van der Waals surface area contributed by atoms with E-state index in [1.54, 1.807) is 16.8 Å². The number of fused-ring (bicyclic) bond motifs is 1. The number of aromatic nitrogens is 6. The van der Waals surface area contributed by atoms with Crippen LogP contribution in [0.15, 0.2) is 58.8 Å². The second-order valence-corrected chi connectivity index (χ2v) is 11.1. The molecule has 11 nitrogen and oxygen atoms in total. The van der Waals surface area contributed by atoms with Gasteiger partial charge in [0.25, 0.3) is 11.1 Å². The highest BCUT2D eigenvalue weighted by Gasteiger charge is 2.50. The van der Waals surface area contributed by atoms with Crippen molar-refractivity contribution in [3.8, 4) is 5.82 Å². The third kappa shape index (κ3) is 4.22. The highest BCUT2D eigenvalue weighted by atomic mass is 16.1. The van der Waals surface area contributed by atoms with E-state index in [0.29, 0.717) is 28.2 Å². The number of nitrogens with zero attached hydrogens (tertiary/aromatic N) is 8. The van der Waals surface area contributed by atoms with Crippen LogP contribution >= 0.6 is 0 Å². The number of rotatable bonds is 7. The SMILES string of the molecule is C=CCn1c(=O)c2cnc(Nc3ccc(N4CC5(CN(C)C5)C4)c(C)c3)nc2n1-c1ccc(=O)n(C(C)C)n1. The summed E-state index contributed by atoms with van der Waals surface area (Å²) in [6.07, 6.45) is 3.16. The Bertz CT molecular complexity index is 1700. The van der Waals surface area contributed by atoms with Crippen LogP contribution in [0.4, 0.5) is 17.3 Å². The molecule has 0 bridgehead atoms. The molecule has 2 aliphatic heterocycles. The Labute approximate surface area is 226 Å². The molecule has 0 unspecified atom stereocenters. The first kappa shape index (κ1) is 25.1. The molecule has 1 spiro atoms. The maximum Gasteiger partial charge on any atom is 0.278 e. The summed E-state index contributed by atoms with van der Waals surface area (Å²) < 4.78 is 4.50. The average molecular weight is 528 g/mol. The fourth-order valence-corrected chi connectivity index (χ4v) is 5.96. The van der Waals surface area contributed by atoms with Gasteiger partial charge in [0.1, 0.15) is 5.39 Å². The molecule has 202 valence electrons. The minimum absolute atomic E-state index is 0.145. The molecule has 1 N–H and O–H groups in total. The minimum atomic E-state index is -0.259. The lowest BCUT2D eigenvalue weighted by Gasteiger charge is -2.60. The summed E-state index contributed by atoms with van der Waals surface area (Å²) >= 11 is 0. The Morgan fingerprint density at radius 3 is 2.56 bits per heavy atom. The lowest BCUT2D eigenvalue weighted by molar-refractivity contribution is -0.00244. The van der Waals surface area contributed by atoms with Gasteiger partial charge in [0.15, 0.2) is 11.5 Å². The highest BCUT2D eigenvalue weighted by Crippen LogP contribution is 2.42. The number of anilines is 3. The van der Waals surface area contributed by atoms with Crippen LogP contribution in [-0.4, -0.2) is 67.2 Å². The predicted octanol–water partition coefficient (Wildman–Crippen LogP) is 2.71. The third-order valence-electron chi connectivity index (χ3n) is 7.55. The summed E-state index contributed by atoms with van der Waals surface area (Å²) in [5.41, 5.74) is 3.68. The molecule has 4 aromatic rings. The Morgan fingerprint density at radius 2 is 1.90 bits per heavy atom. The van der Waals surface area contributed by atoms with E-state index in [2.05, 4.69) is 57.9 Å². The number of benzene rings is 1. The van der Waals surface area contributed by atoms with Crippen molar-refractivity contribution in [3.63, 3.8) is 0 Å². The zero-order valence-corrected chi connectivity index (χ0v) is 22.8. The Balaban J connectivity index is 1.33. The summed E-state index contributed by atoms with van der Waals surface area (Å²) in [6, 6.07) is 9.17. The highest BCUT2D eigenvalue weighted by molar-refractivity contribution is 5.77. The van der Waals surface area contributed by atoms with Crippen molar-refractivity contribution < 1.29 is 0 Å². The summed E-state index contributed by atoms with van der Waals surface area (Å²) in [5, 5.41) is 8.17. The van der Waals surface area contributed by atoms with Gasteiger partial charge in [-0.25, -0.2) is 19.0 Å². The molecule has 0 saturated carbocycles. The van der Waals surface area contributed by atoms with Crippen LogP contribution in [0.3, 0.4) is 0 Å². The topological polar surface area (TPSA) is 106 Å². The van der Waals surface area contributed by atoms with E-state index in [0.717, 1.165) is 18.8 Å². The van der Waals surface area contributed by atoms with Gasteiger partial charge in [0, 0.05) is 55.2 Å². The molecule has 3 aromatic heterocycles. The quantitative estimate of drug-likeness (QED) is 0.366. The molecule has 6 rings (SSSR count). The molecule has 2 aliphatic rings. The Kier molecular flexibility index (Phi) is 5.91. The van der Waals surface area contributed by atoms with Gasteiger partial charge in [-0.05, 0) is 57.6 Å². The number of hydrogen-bond donors (Lipinski definition) is 1. The normalized spacial score (nSPS) is 16.5. The zero-order valence-electron chi connectivity index (χ0n) is 22.8. The van der Waals surface area contributed by atoms with Crippen molar-refractivity contribution in [1.82, 2.24) is 34.0 Å². The fraction of sp³-hybridized carbons (Fsp3) is 0.393. The van der Waals surface area contributed by atoms with Crippen LogP contribution in [0, 0.1) is 12.3 Å². The van der Waals surface area contributed by atoms with Gasteiger partial charge in [-0.3, -0.25) is 9.59 Å². The van der Waals surface area contributed by atoms with Gasteiger partial charge in [-0.15, -0.1) is 11.7 Å². The molecule has 0 amide bonds. The van der Waals surface area contributed by atoms with Crippen LogP contribution in [-0.2, 0) is 6.54 Å². The third-order valence-corrected chi connectivity index (χ3v) is 7.55. The molecule has 1 aromatic carbocycles. The first-order valence-corrected chi connectivity index (χ1v) is 13.2. The maximum absolute atomic E-state index is 13.2. The summed E-state index contributed by atoms with van der Waals surface area (Å²) in [6.45, 7) is 14.5. The molecular formula is C28H33N9O2. The molecular weight excluding hydrogens is 494 g/mol. The number of aryl methyl sites for hydroxylation is 1. The Hall–Kier alpha value is -4.25. The summed E-state index contributed by atoms with van der Waals surface area (Å²) in [7, 11) is 2.17. The van der Waals surface area contributed by atoms with E-state index in [1.807, 2.05) is 19.9 Å². The van der Waals surface area contributed by atoms with Crippen molar-refractivity contribution in [2.75, 3.05) is 43.4 Å². The number of nitrogens with one attached hydrogen (secondary N) is 1. The molecule has 2 fully saturated rings. The van der Waals surface area contributed by atoms with Gasteiger partial charge >= 0.3 is 0 Å². The molecule has 11 heteroatoms. The van der Waals surface area contributed by atoms with Crippen molar-refractivity contribution in [2.24, 2.45) is 5.41 Å². The van der Waals surface area contributed by atoms with E-state index in [4.69, 9.17) is 4.98 Å². The van der Waals surface area contributed by atoms with Crippen LogP contribution in [0.5, 0.6) is 0 Å². The fourth-order valence-electron chi connectivity index (χ4n) is 5.96. The van der Waals surface area contributed by atoms with Gasteiger partial charge in [-0.2, -0.15) is 4.98 Å². The van der Waals surface area contributed by atoms with Crippen LogP contribution in [0.25, 0.3) is 16.9 Å². The average Bonchev–Trinajstić information content (AvgIpc) is 3.12. The Morgan fingerprint density at radius 1 is 1.13 bits per heavy atom. The minimum Gasteiger partial charge on any atom is -0.370 e. The van der Waals surface area contributed by atoms with Crippen molar-refractivity contribution in [3.05, 3.63) is 75.5 Å². The van der Waals surface area contributed by atoms with Gasteiger partial charge in [0.05, 0.1) is 12.6 Å². The molecule has 0 atom stereocenters. The largest absolute Gasteiger partial charge is 0.370 e. The van der Waals surface area contributed by atoms with Gasteiger partial charge < -0.3 is 15.1 Å². The number of likely N-dealkylation sites (tertiary alicyclic amines) is 1. The number of hydrogen-bond acceptors (Lipinski definition) is 8. The van der Waals surface area contributed by atoms with Crippen molar-refractivity contribution in [2.45, 2.75) is 33.4 Å². The van der Waals surface area contributed by atoms with Gasteiger partial charge in [-0.1, -0.05) is 6.08 Å². The number of allylic oxidation sites excluding steroid dienone is 1. The first-order chi connectivity index (χ1) is 18.7. The molecule has 0 aliphatic carbocycles. The van der Waals surface area contributed by atoms with Gasteiger partial charge in [0.2, 0.25) is 5.95 Å². The molecule has 2 saturated heterocycles. The lowest BCUT2D eigenvalue weighted by atomic mass is 9.73. The van der Waals surface area contributed by atoms with E-state index in [-0.39, 0.29) is 23.7 Å². The molecule has 39 heavy (non-hydrogen) atoms. The maximum atomic E-state index is 13.2. The van der Waals surface area contributed by atoms with E-state index in [1.165, 1.54) is 46.0 Å². The monoisotopic (exact) mass is 527 g/mol. The second kappa shape index (κ2) is 9.19.